The molecule has 0 bridgehead atoms. The van der Waals surface area contributed by atoms with Gasteiger partial charge in [-0.15, -0.1) is 0 Å². The average Bonchev–Trinajstić information content (AvgIpc) is 2.38. The standard InChI is InChI=1S/C16H14Cl2O2/c1-9-6-13(7-10(2)16(9)18)20-15-5-4-12(11(3)19)8-14(15)17/h4-8H,1-3H3. The molecule has 0 aliphatic heterocycles. The van der Waals surface area contributed by atoms with Crippen LogP contribution >= 0.6 is 23.2 Å². The van der Waals surface area contributed by atoms with Crippen LogP contribution in [0.4, 0.5) is 0 Å². The maximum Gasteiger partial charge on any atom is 0.159 e. The van der Waals surface area contributed by atoms with E-state index >= 15 is 0 Å². The quantitative estimate of drug-likeness (QED) is 0.689. The van der Waals surface area contributed by atoms with Gasteiger partial charge in [-0.2, -0.15) is 0 Å². The molecular formula is C16H14Cl2O2. The molecule has 0 radical (unpaired) electrons. The van der Waals surface area contributed by atoms with Gasteiger partial charge in [-0.1, -0.05) is 23.2 Å². The fourth-order valence-corrected chi connectivity index (χ4v) is 2.22. The van der Waals surface area contributed by atoms with E-state index in [-0.39, 0.29) is 5.78 Å². The largest absolute Gasteiger partial charge is 0.456 e. The Balaban J connectivity index is 2.33. The van der Waals surface area contributed by atoms with Crippen LogP contribution in [0.1, 0.15) is 28.4 Å². The molecule has 104 valence electrons. The third-order valence-corrected chi connectivity index (χ3v) is 3.87. The van der Waals surface area contributed by atoms with E-state index < -0.39 is 0 Å². The van der Waals surface area contributed by atoms with Crippen molar-refractivity contribution in [3.05, 3.63) is 57.1 Å². The minimum absolute atomic E-state index is 0.0309. The van der Waals surface area contributed by atoms with E-state index in [1.54, 1.807) is 18.2 Å². The number of benzene rings is 2. The van der Waals surface area contributed by atoms with Crippen molar-refractivity contribution < 1.29 is 9.53 Å². The summed E-state index contributed by atoms with van der Waals surface area (Å²) in [6.07, 6.45) is 0. The molecular weight excluding hydrogens is 295 g/mol. The third-order valence-electron chi connectivity index (χ3n) is 2.98. The van der Waals surface area contributed by atoms with Gasteiger partial charge in [0.2, 0.25) is 0 Å². The van der Waals surface area contributed by atoms with E-state index in [9.17, 15) is 4.79 Å². The molecule has 0 spiro atoms. The minimum Gasteiger partial charge on any atom is -0.456 e. The maximum atomic E-state index is 11.3. The van der Waals surface area contributed by atoms with Crippen LogP contribution in [0.3, 0.4) is 0 Å². The summed E-state index contributed by atoms with van der Waals surface area (Å²) in [5.41, 5.74) is 2.45. The van der Waals surface area contributed by atoms with Crippen LogP contribution in [-0.4, -0.2) is 5.78 Å². The molecule has 0 aliphatic rings. The van der Waals surface area contributed by atoms with E-state index in [4.69, 9.17) is 27.9 Å². The highest BCUT2D eigenvalue weighted by Gasteiger charge is 2.09. The first-order valence-corrected chi connectivity index (χ1v) is 6.89. The summed E-state index contributed by atoms with van der Waals surface area (Å²) in [6.45, 7) is 5.34. The Morgan fingerprint density at radius 2 is 1.65 bits per heavy atom. The fraction of sp³-hybridized carbons (Fsp3) is 0.188. The normalized spacial score (nSPS) is 10.4. The molecule has 20 heavy (non-hydrogen) atoms. The summed E-state index contributed by atoms with van der Waals surface area (Å²) in [5.74, 6) is 1.15. The number of carbonyl (C=O) groups excluding carboxylic acids is 1. The number of halogens is 2. The summed E-state index contributed by atoms with van der Waals surface area (Å²) in [5, 5.41) is 1.14. The zero-order chi connectivity index (χ0) is 14.9. The molecule has 2 rings (SSSR count). The molecule has 0 N–H and O–H groups in total. The predicted molar refractivity (Wildman–Crippen MR) is 82.5 cm³/mol. The van der Waals surface area contributed by atoms with E-state index in [0.717, 1.165) is 16.1 Å². The fourth-order valence-electron chi connectivity index (χ4n) is 1.89. The Bertz CT molecular complexity index is 655. The first kappa shape index (κ1) is 14.9. The number of hydrogen-bond acceptors (Lipinski definition) is 2. The van der Waals surface area contributed by atoms with Crippen LogP contribution in [0, 0.1) is 13.8 Å². The molecule has 0 saturated heterocycles. The second kappa shape index (κ2) is 5.86. The molecule has 0 unspecified atom stereocenters. The van der Waals surface area contributed by atoms with Crippen LogP contribution in [0.2, 0.25) is 10.0 Å². The number of Topliss-reactive ketones (excluding diaryl/α,β-unsaturated/α-hetero) is 1. The van der Waals surface area contributed by atoms with Gasteiger partial charge in [-0.3, -0.25) is 4.79 Å². The zero-order valence-corrected chi connectivity index (χ0v) is 13.0. The first-order valence-electron chi connectivity index (χ1n) is 6.13. The highest BCUT2D eigenvalue weighted by molar-refractivity contribution is 6.32. The van der Waals surface area contributed by atoms with Crippen molar-refractivity contribution >= 4 is 29.0 Å². The monoisotopic (exact) mass is 308 g/mol. The smallest absolute Gasteiger partial charge is 0.159 e. The predicted octanol–water partition coefficient (Wildman–Crippen LogP) is 5.61. The topological polar surface area (TPSA) is 26.3 Å². The molecule has 0 aromatic heterocycles. The number of ketones is 1. The van der Waals surface area contributed by atoms with Gasteiger partial charge in [0, 0.05) is 10.6 Å². The lowest BCUT2D eigenvalue weighted by Crippen LogP contribution is -1.93. The van der Waals surface area contributed by atoms with Crippen molar-refractivity contribution in [2.45, 2.75) is 20.8 Å². The minimum atomic E-state index is -0.0309. The molecule has 0 saturated carbocycles. The lowest BCUT2D eigenvalue weighted by Gasteiger charge is -2.11. The molecule has 0 aliphatic carbocycles. The summed E-state index contributed by atoms with van der Waals surface area (Å²) >= 11 is 12.3. The number of ether oxygens (including phenoxy) is 1. The van der Waals surface area contributed by atoms with Gasteiger partial charge >= 0.3 is 0 Å². The Labute approximate surface area is 128 Å². The van der Waals surface area contributed by atoms with E-state index in [0.29, 0.717) is 22.1 Å². The third kappa shape index (κ3) is 3.14. The SMILES string of the molecule is CC(=O)c1ccc(Oc2cc(C)c(Cl)c(C)c2)c(Cl)c1. The van der Waals surface area contributed by atoms with Gasteiger partial charge in [-0.25, -0.2) is 0 Å². The Morgan fingerprint density at radius 3 is 2.15 bits per heavy atom. The molecule has 2 aromatic rings. The lowest BCUT2D eigenvalue weighted by atomic mass is 10.1. The second-order valence-electron chi connectivity index (χ2n) is 4.67. The van der Waals surface area contributed by atoms with Crippen LogP contribution in [0.15, 0.2) is 30.3 Å². The molecule has 4 heteroatoms. The van der Waals surface area contributed by atoms with Gasteiger partial charge in [0.15, 0.2) is 5.78 Å². The Hall–Kier alpha value is -1.51. The van der Waals surface area contributed by atoms with Crippen molar-refractivity contribution in [2.75, 3.05) is 0 Å². The zero-order valence-electron chi connectivity index (χ0n) is 11.5. The van der Waals surface area contributed by atoms with Crippen molar-refractivity contribution in [3.63, 3.8) is 0 Å². The molecule has 2 aromatic carbocycles. The summed E-state index contributed by atoms with van der Waals surface area (Å²) in [6, 6.07) is 8.70. The van der Waals surface area contributed by atoms with Crippen LogP contribution in [0.5, 0.6) is 11.5 Å². The van der Waals surface area contributed by atoms with Gasteiger partial charge in [-0.05, 0) is 62.2 Å². The molecule has 0 fully saturated rings. The highest BCUT2D eigenvalue weighted by atomic mass is 35.5. The molecule has 0 atom stereocenters. The highest BCUT2D eigenvalue weighted by Crippen LogP contribution is 2.33. The molecule has 2 nitrogen and oxygen atoms in total. The van der Waals surface area contributed by atoms with Gasteiger partial charge in [0.25, 0.3) is 0 Å². The maximum absolute atomic E-state index is 11.3. The number of rotatable bonds is 3. The van der Waals surface area contributed by atoms with Gasteiger partial charge in [0.05, 0.1) is 5.02 Å². The number of carbonyl (C=O) groups is 1. The van der Waals surface area contributed by atoms with E-state index in [1.807, 2.05) is 26.0 Å². The summed E-state index contributed by atoms with van der Waals surface area (Å²) in [7, 11) is 0. The summed E-state index contributed by atoms with van der Waals surface area (Å²) < 4.78 is 5.76. The molecule has 0 heterocycles. The van der Waals surface area contributed by atoms with Crippen LogP contribution in [-0.2, 0) is 0 Å². The van der Waals surface area contributed by atoms with Gasteiger partial charge < -0.3 is 4.74 Å². The van der Waals surface area contributed by atoms with Crippen LogP contribution < -0.4 is 4.74 Å². The van der Waals surface area contributed by atoms with Crippen molar-refractivity contribution in [1.29, 1.82) is 0 Å². The van der Waals surface area contributed by atoms with Gasteiger partial charge in [0.1, 0.15) is 11.5 Å². The van der Waals surface area contributed by atoms with E-state index in [1.165, 1.54) is 6.92 Å². The van der Waals surface area contributed by atoms with Crippen LogP contribution in [0.25, 0.3) is 0 Å². The number of aryl methyl sites for hydroxylation is 2. The first-order chi connectivity index (χ1) is 9.38. The average molecular weight is 309 g/mol. The van der Waals surface area contributed by atoms with E-state index in [2.05, 4.69) is 0 Å². The lowest BCUT2D eigenvalue weighted by molar-refractivity contribution is 0.101. The van der Waals surface area contributed by atoms with Crippen molar-refractivity contribution in [1.82, 2.24) is 0 Å². The summed E-state index contributed by atoms with van der Waals surface area (Å²) in [4.78, 5) is 11.3. The second-order valence-corrected chi connectivity index (χ2v) is 5.46. The van der Waals surface area contributed by atoms with Crippen molar-refractivity contribution in [2.24, 2.45) is 0 Å². The Morgan fingerprint density at radius 1 is 1.05 bits per heavy atom. The Kier molecular flexibility index (Phi) is 4.36. The van der Waals surface area contributed by atoms with Crippen molar-refractivity contribution in [3.8, 4) is 11.5 Å². The molecule has 0 amide bonds. The number of hydrogen-bond donors (Lipinski definition) is 0.